The van der Waals surface area contributed by atoms with Gasteiger partial charge in [0.15, 0.2) is 0 Å². The lowest BCUT2D eigenvalue weighted by Crippen LogP contribution is -2.37. The molecule has 0 saturated carbocycles. The maximum absolute atomic E-state index is 14.8. The highest BCUT2D eigenvalue weighted by atomic mass is 127. The molecule has 27 nitrogen and oxygen atoms in total. The molecule has 3 aliphatic rings. The fourth-order valence-electron chi connectivity index (χ4n) is 13.4. The summed E-state index contributed by atoms with van der Waals surface area (Å²) in [6.07, 6.45) is 13.3. The Hall–Kier alpha value is -9.59. The molecule has 12 heterocycles. The minimum Gasteiger partial charge on any atom is -0.396 e. The lowest BCUT2D eigenvalue weighted by molar-refractivity contribution is 0.0513. The third-order valence-corrected chi connectivity index (χ3v) is 19.9. The Kier molecular flexibility index (Phi) is 27.7. The zero-order valence-corrected chi connectivity index (χ0v) is 61.9. The molecule has 13 N–H and O–H groups in total. The number of aliphatic hydroxyl groups is 9. The van der Waals surface area contributed by atoms with Gasteiger partial charge >= 0.3 is 0 Å². The molecule has 0 radical (unpaired) electrons. The molecule has 31 heteroatoms. The monoisotopic (exact) mass is 1600 g/mol. The van der Waals surface area contributed by atoms with Gasteiger partial charge in [0, 0.05) is 107 Å². The molecule has 109 heavy (non-hydrogen) atoms. The van der Waals surface area contributed by atoms with Crippen LogP contribution < -0.4 is 21.3 Å². The number of nitrogens with zero attached hydrogens (tertiary/aromatic N) is 14. The van der Waals surface area contributed by atoms with E-state index in [1.165, 1.54) is 32.2 Å². The quantitative estimate of drug-likeness (QED) is 0.0209. The Balaban J connectivity index is 0.000000149. The van der Waals surface area contributed by atoms with E-state index in [1.807, 2.05) is 36.4 Å². The number of piperidine rings is 3. The SMILES string of the molecule is OCCI.OCCN1CCC([C@@H](O)c2ccc3cnc(Nc4ccc(-n5ccc(CO)n5)cc4F)cc3n2)CC1.OCCN1CCC([C@H](O)c2ccc3cnc(Nc4ccc(-n5ccc(CO)n5)cc4F)cc3n2)CC1.OCc1ccn(-c2ccc(Nc3cc4nc(C(O)C5CCNCC5)ccc4cn3)c(F)c2)n1. The van der Waals surface area contributed by atoms with Crippen LogP contribution in [0.3, 0.4) is 0 Å². The van der Waals surface area contributed by atoms with Gasteiger partial charge in [0.1, 0.15) is 34.9 Å². The van der Waals surface area contributed by atoms with E-state index in [4.69, 9.17) is 20.4 Å². The van der Waals surface area contributed by atoms with Crippen LogP contribution in [0.15, 0.2) is 165 Å². The number of hydrogen-bond acceptors (Lipinski definition) is 24. The number of β-amino-alcohol motifs (C(OH)–C–C–N with tert-alkyl or cyclic N) is 2. The van der Waals surface area contributed by atoms with Crippen molar-refractivity contribution in [2.24, 2.45) is 17.8 Å². The minimum atomic E-state index is -0.672. The van der Waals surface area contributed by atoms with Gasteiger partial charge in [-0.25, -0.2) is 57.1 Å². The molecule has 15 rings (SSSR count). The first-order chi connectivity index (χ1) is 53.1. The van der Waals surface area contributed by atoms with Crippen molar-refractivity contribution >= 4 is 89.8 Å². The van der Waals surface area contributed by atoms with Crippen LogP contribution in [0.2, 0.25) is 0 Å². The van der Waals surface area contributed by atoms with Crippen LogP contribution in [0, 0.1) is 35.2 Å². The highest BCUT2D eigenvalue weighted by Gasteiger charge is 2.30. The number of anilines is 6. The van der Waals surface area contributed by atoms with E-state index in [2.05, 4.69) is 98.9 Å². The first-order valence-corrected chi connectivity index (χ1v) is 37.7. The number of benzene rings is 3. The van der Waals surface area contributed by atoms with Gasteiger partial charge in [0.2, 0.25) is 0 Å². The molecule has 9 aromatic heterocycles. The smallest absolute Gasteiger partial charge is 0.148 e. The Morgan fingerprint density at radius 3 is 1.00 bits per heavy atom. The number of pyridine rings is 6. The fraction of sp³-hybridized carbons (Fsp3) is 0.346. The first kappa shape index (κ1) is 79.0. The zero-order valence-electron chi connectivity index (χ0n) is 59.7. The van der Waals surface area contributed by atoms with E-state index in [1.54, 1.807) is 110 Å². The lowest BCUT2D eigenvalue weighted by atomic mass is 9.89. The Morgan fingerprint density at radius 1 is 0.413 bits per heavy atom. The molecular formula is C78H88F3IN18O9. The van der Waals surface area contributed by atoms with Crippen LogP contribution in [-0.4, -0.2) is 192 Å². The maximum Gasteiger partial charge on any atom is 0.148 e. The van der Waals surface area contributed by atoms with Crippen molar-refractivity contribution in [2.75, 3.05) is 92.6 Å². The Morgan fingerprint density at radius 2 is 0.725 bits per heavy atom. The molecule has 0 amide bonds. The molecule has 3 aliphatic heterocycles. The van der Waals surface area contributed by atoms with Gasteiger partial charge in [-0.3, -0.25) is 0 Å². The summed E-state index contributed by atoms with van der Waals surface area (Å²) in [4.78, 5) is 31.6. The average Bonchev–Trinajstić information content (AvgIpc) is 1.41. The van der Waals surface area contributed by atoms with E-state index in [0.29, 0.717) is 105 Å². The molecule has 12 aromatic rings. The molecule has 1 unspecified atom stereocenters. The highest BCUT2D eigenvalue weighted by molar-refractivity contribution is 14.1. The lowest BCUT2D eigenvalue weighted by Gasteiger charge is -2.33. The van der Waals surface area contributed by atoms with Gasteiger partial charge < -0.3 is 77.0 Å². The molecule has 3 fully saturated rings. The fourth-order valence-corrected chi connectivity index (χ4v) is 13.4. The van der Waals surface area contributed by atoms with Gasteiger partial charge in [-0.1, -0.05) is 22.6 Å². The van der Waals surface area contributed by atoms with Crippen LogP contribution in [0.4, 0.5) is 47.7 Å². The highest BCUT2D eigenvalue weighted by Crippen LogP contribution is 2.35. The summed E-state index contributed by atoms with van der Waals surface area (Å²) in [6.45, 7) is 6.59. The molecule has 3 atom stereocenters. The number of hydrogen-bond donors (Lipinski definition) is 13. The predicted molar refractivity (Wildman–Crippen MR) is 416 cm³/mol. The third-order valence-electron chi connectivity index (χ3n) is 19.5. The molecule has 572 valence electrons. The van der Waals surface area contributed by atoms with Crippen molar-refractivity contribution < 1.29 is 59.1 Å². The normalized spacial score (nSPS) is 15.5. The number of fused-ring (bicyclic) bond motifs is 3. The second-order valence-corrected chi connectivity index (χ2v) is 27.8. The van der Waals surface area contributed by atoms with Crippen molar-refractivity contribution in [2.45, 2.75) is 76.7 Å². The van der Waals surface area contributed by atoms with Crippen LogP contribution >= 0.6 is 22.6 Å². The number of rotatable bonds is 23. The standard InChI is InChI=1S/2C26H29FN6O3.C24H25FN6O2.C2H5IO/c2*27-21-13-20(33-10-7-19(16-35)31-33)2-4-22(21)30-25-14-24-18(15-28-25)1-3-23(29-24)26(36)17-5-8-32(9-6-17)11-12-34;25-19-11-18(31-10-7-17(14-32)30-31)2-4-20(19)29-23-12-22-16(13-27-23)1-3-21(28-22)24(33)15-5-8-26-9-6-15;3-1-2-4/h2*1-4,7,10,13-15,17,26,34-36H,5-6,8-9,11-12,16H2,(H,28,30);1-4,7,10-13,15,24,26,32-33H,5-6,8-9,14H2,(H,27,29);4H,1-2H2/t2*26-;;/m10../s1. The Labute approximate surface area is 640 Å². The summed E-state index contributed by atoms with van der Waals surface area (Å²) in [5, 5.41) is 114. The Bertz CT molecular complexity index is 4750. The molecule has 0 bridgehead atoms. The van der Waals surface area contributed by atoms with E-state index < -0.39 is 35.8 Å². The summed E-state index contributed by atoms with van der Waals surface area (Å²) in [7, 11) is 0. The number of likely N-dealkylation sites (tertiary alicyclic amines) is 2. The van der Waals surface area contributed by atoms with E-state index in [9.17, 15) is 38.7 Å². The molecule has 3 saturated heterocycles. The summed E-state index contributed by atoms with van der Waals surface area (Å²) < 4.78 is 49.8. The first-order valence-electron chi connectivity index (χ1n) is 36.2. The van der Waals surface area contributed by atoms with Crippen molar-refractivity contribution in [3.8, 4) is 17.1 Å². The number of aromatic nitrogens is 12. The minimum absolute atomic E-state index is 0.111. The van der Waals surface area contributed by atoms with Crippen LogP contribution in [0.25, 0.3) is 49.8 Å². The van der Waals surface area contributed by atoms with Crippen LogP contribution in [0.5, 0.6) is 0 Å². The predicted octanol–water partition coefficient (Wildman–Crippen LogP) is 9.49. The van der Waals surface area contributed by atoms with Crippen LogP contribution in [0.1, 0.15) is 91.0 Å². The average molecular weight is 1610 g/mol. The molecular weight excluding hydrogens is 1520 g/mol. The van der Waals surface area contributed by atoms with Crippen molar-refractivity contribution in [3.63, 3.8) is 0 Å². The second kappa shape index (κ2) is 38.2. The molecule has 3 aromatic carbocycles. The van der Waals surface area contributed by atoms with Crippen molar-refractivity contribution in [1.29, 1.82) is 0 Å². The number of aliphatic hydroxyl groups excluding tert-OH is 9. The summed E-state index contributed by atoms with van der Waals surface area (Å²) in [6, 6.07) is 35.5. The molecule has 0 aliphatic carbocycles. The van der Waals surface area contributed by atoms with Gasteiger partial charge in [-0.15, -0.1) is 0 Å². The van der Waals surface area contributed by atoms with E-state index >= 15 is 0 Å². The van der Waals surface area contributed by atoms with E-state index in [-0.39, 0.29) is 67.9 Å². The second-order valence-electron chi connectivity index (χ2n) is 26.7. The maximum atomic E-state index is 14.8. The zero-order chi connectivity index (χ0) is 76.3. The van der Waals surface area contributed by atoms with Gasteiger partial charge in [-0.05, 0) is 187 Å². The van der Waals surface area contributed by atoms with Crippen LogP contribution in [-0.2, 0) is 19.8 Å². The summed E-state index contributed by atoms with van der Waals surface area (Å²) in [5.41, 5.74) is 7.77. The van der Waals surface area contributed by atoms with Crippen molar-refractivity contribution in [1.82, 2.24) is 74.4 Å². The number of alkyl halides is 1. The summed E-state index contributed by atoms with van der Waals surface area (Å²) in [5.74, 6) is 0.335. The topological polar surface area (TPSA) is 367 Å². The van der Waals surface area contributed by atoms with Gasteiger partial charge in [0.25, 0.3) is 0 Å². The van der Waals surface area contributed by atoms with Gasteiger partial charge in [0.05, 0.1) is 143 Å². The largest absolute Gasteiger partial charge is 0.396 e. The van der Waals surface area contributed by atoms with Gasteiger partial charge in [-0.2, -0.15) is 15.3 Å². The third kappa shape index (κ3) is 20.5. The van der Waals surface area contributed by atoms with Crippen molar-refractivity contribution in [3.05, 3.63) is 216 Å². The molecule has 0 spiro atoms. The number of nitrogens with one attached hydrogen (secondary N) is 4. The summed E-state index contributed by atoms with van der Waals surface area (Å²) >= 11 is 2.10. The number of halogens is 4. The van der Waals surface area contributed by atoms with E-state index in [0.717, 1.165) is 98.4 Å².